The second-order valence-electron chi connectivity index (χ2n) is 4.00. The molecule has 0 aliphatic carbocycles. The third kappa shape index (κ3) is 4.18. The molecule has 0 spiro atoms. The van der Waals surface area contributed by atoms with Crippen molar-refractivity contribution in [1.29, 1.82) is 0 Å². The molecule has 0 heterocycles. The minimum absolute atomic E-state index is 0.00573. The molecule has 0 aliphatic rings. The molecule has 0 radical (unpaired) electrons. The molecule has 0 fully saturated rings. The van der Waals surface area contributed by atoms with E-state index in [4.69, 9.17) is 11.6 Å². The van der Waals surface area contributed by atoms with Crippen LogP contribution in [-0.2, 0) is 0 Å². The molecule has 0 unspecified atom stereocenters. The number of halogens is 2. The molecule has 0 aliphatic heterocycles. The summed E-state index contributed by atoms with van der Waals surface area (Å²) in [5.74, 6) is -0.0568. The predicted octanol–water partition coefficient (Wildman–Crippen LogP) is 3.68. The molecule has 100 valence electrons. The second-order valence-corrected chi connectivity index (χ2v) is 5.20. The summed E-state index contributed by atoms with van der Waals surface area (Å²) in [6.45, 7) is 3.49. The third-order valence-corrected chi connectivity index (χ3v) is 3.28. The highest BCUT2D eigenvalue weighted by Crippen LogP contribution is 2.24. The molecule has 1 aromatic carbocycles. The van der Waals surface area contributed by atoms with Crippen molar-refractivity contribution in [3.05, 3.63) is 28.8 Å². The van der Waals surface area contributed by atoms with E-state index >= 15 is 0 Å². The van der Waals surface area contributed by atoms with E-state index in [9.17, 15) is 9.90 Å². The minimum Gasteiger partial charge on any atom is -0.506 e. The summed E-state index contributed by atoms with van der Waals surface area (Å²) in [4.78, 5) is 14.1. The monoisotopic (exact) mass is 333 g/mol. The van der Waals surface area contributed by atoms with Crippen molar-refractivity contribution in [1.82, 2.24) is 4.90 Å². The van der Waals surface area contributed by atoms with Gasteiger partial charge in [0.1, 0.15) is 5.75 Å². The van der Waals surface area contributed by atoms with Gasteiger partial charge in [-0.25, -0.2) is 0 Å². The molecule has 0 atom stereocenters. The summed E-state index contributed by atoms with van der Waals surface area (Å²) in [6.07, 6.45) is 2.02. The van der Waals surface area contributed by atoms with Gasteiger partial charge in [0.25, 0.3) is 5.91 Å². The number of hydrogen-bond donors (Lipinski definition) is 1. The smallest absolute Gasteiger partial charge is 0.253 e. The van der Waals surface area contributed by atoms with Gasteiger partial charge in [-0.2, -0.15) is 0 Å². The zero-order valence-corrected chi connectivity index (χ0v) is 12.7. The number of nitrogens with zero attached hydrogens (tertiary/aromatic N) is 1. The number of alkyl halides is 1. The van der Waals surface area contributed by atoms with Gasteiger partial charge in [0.15, 0.2) is 0 Å². The largest absolute Gasteiger partial charge is 0.506 e. The van der Waals surface area contributed by atoms with Gasteiger partial charge in [0.05, 0.1) is 5.02 Å². The Morgan fingerprint density at radius 1 is 1.44 bits per heavy atom. The summed E-state index contributed by atoms with van der Waals surface area (Å²) in [7, 11) is 0. The zero-order chi connectivity index (χ0) is 13.5. The number of benzene rings is 1. The molecule has 0 saturated carbocycles. The number of amides is 1. The van der Waals surface area contributed by atoms with Crippen molar-refractivity contribution in [2.24, 2.45) is 0 Å². The Balaban J connectivity index is 2.83. The number of carbonyl (C=O) groups is 1. The van der Waals surface area contributed by atoms with Crippen LogP contribution in [0.25, 0.3) is 0 Å². The van der Waals surface area contributed by atoms with E-state index in [0.29, 0.717) is 12.1 Å². The van der Waals surface area contributed by atoms with Gasteiger partial charge in [0, 0.05) is 24.0 Å². The first kappa shape index (κ1) is 15.3. The van der Waals surface area contributed by atoms with E-state index in [1.54, 1.807) is 11.0 Å². The molecule has 18 heavy (non-hydrogen) atoms. The van der Waals surface area contributed by atoms with Crippen LogP contribution in [0.1, 0.15) is 30.1 Å². The van der Waals surface area contributed by atoms with E-state index < -0.39 is 0 Å². The van der Waals surface area contributed by atoms with Gasteiger partial charge in [-0.05, 0) is 24.6 Å². The topological polar surface area (TPSA) is 40.5 Å². The second kappa shape index (κ2) is 7.64. The first-order valence-corrected chi connectivity index (χ1v) is 7.43. The fourth-order valence-corrected chi connectivity index (χ4v) is 2.20. The van der Waals surface area contributed by atoms with Crippen LogP contribution < -0.4 is 0 Å². The van der Waals surface area contributed by atoms with Crippen molar-refractivity contribution in [3.8, 4) is 5.75 Å². The fraction of sp³-hybridized carbons (Fsp3) is 0.462. The molecular weight excluding hydrogens is 318 g/mol. The zero-order valence-electron chi connectivity index (χ0n) is 10.3. The lowest BCUT2D eigenvalue weighted by atomic mass is 10.2. The summed E-state index contributed by atoms with van der Waals surface area (Å²) < 4.78 is 0. The number of hydrogen-bond acceptors (Lipinski definition) is 2. The van der Waals surface area contributed by atoms with Crippen LogP contribution in [0.3, 0.4) is 0 Å². The maximum atomic E-state index is 12.3. The van der Waals surface area contributed by atoms with Crippen LogP contribution in [-0.4, -0.2) is 34.3 Å². The Bertz CT molecular complexity index is 412. The van der Waals surface area contributed by atoms with E-state index in [1.807, 2.05) is 0 Å². The Morgan fingerprint density at radius 3 is 2.72 bits per heavy atom. The van der Waals surface area contributed by atoms with Gasteiger partial charge in [-0.15, -0.1) is 0 Å². The quantitative estimate of drug-likeness (QED) is 0.806. The predicted molar refractivity (Wildman–Crippen MR) is 77.7 cm³/mol. The summed E-state index contributed by atoms with van der Waals surface area (Å²) >= 11 is 9.16. The van der Waals surface area contributed by atoms with E-state index in [1.165, 1.54) is 12.1 Å². The van der Waals surface area contributed by atoms with Crippen molar-refractivity contribution in [2.45, 2.75) is 19.8 Å². The van der Waals surface area contributed by atoms with E-state index in [-0.39, 0.29) is 16.7 Å². The molecule has 5 heteroatoms. The van der Waals surface area contributed by atoms with Gasteiger partial charge >= 0.3 is 0 Å². The van der Waals surface area contributed by atoms with Crippen molar-refractivity contribution in [2.75, 3.05) is 18.4 Å². The molecule has 0 bridgehead atoms. The minimum atomic E-state index is -0.0511. The lowest BCUT2D eigenvalue weighted by molar-refractivity contribution is 0.0764. The average molecular weight is 335 g/mol. The Morgan fingerprint density at radius 2 is 2.17 bits per heavy atom. The number of rotatable bonds is 6. The standard InChI is InChI=1S/C13H17BrClNO2/c1-2-3-7-16(8-6-14)13(18)10-4-5-12(17)11(15)9-10/h4-5,9,17H,2-3,6-8H2,1H3. The summed E-state index contributed by atoms with van der Waals surface area (Å²) in [5, 5.41) is 10.3. The van der Waals surface area contributed by atoms with Crippen LogP contribution in [0.4, 0.5) is 0 Å². The number of carbonyl (C=O) groups excluding carboxylic acids is 1. The highest BCUT2D eigenvalue weighted by molar-refractivity contribution is 9.09. The number of unbranched alkanes of at least 4 members (excludes halogenated alkanes) is 1. The number of phenols is 1. The number of aromatic hydroxyl groups is 1. The van der Waals surface area contributed by atoms with Crippen LogP contribution >= 0.6 is 27.5 Å². The van der Waals surface area contributed by atoms with Gasteiger partial charge < -0.3 is 10.0 Å². The van der Waals surface area contributed by atoms with E-state index in [0.717, 1.165) is 24.7 Å². The van der Waals surface area contributed by atoms with Crippen LogP contribution in [0.5, 0.6) is 5.75 Å². The van der Waals surface area contributed by atoms with E-state index in [2.05, 4.69) is 22.9 Å². The normalized spacial score (nSPS) is 10.4. The molecule has 0 aromatic heterocycles. The first-order valence-electron chi connectivity index (χ1n) is 5.94. The maximum absolute atomic E-state index is 12.3. The Kier molecular flexibility index (Phi) is 6.50. The molecule has 0 saturated heterocycles. The van der Waals surface area contributed by atoms with Gasteiger partial charge in [-0.1, -0.05) is 40.9 Å². The van der Waals surface area contributed by atoms with Crippen LogP contribution in [0.15, 0.2) is 18.2 Å². The SMILES string of the molecule is CCCCN(CCBr)C(=O)c1ccc(O)c(Cl)c1. The molecule has 1 amide bonds. The molecule has 3 nitrogen and oxygen atoms in total. The maximum Gasteiger partial charge on any atom is 0.253 e. The Labute approximate surface area is 121 Å². The van der Waals surface area contributed by atoms with Crippen LogP contribution in [0.2, 0.25) is 5.02 Å². The fourth-order valence-electron chi connectivity index (χ4n) is 1.59. The summed E-state index contributed by atoms with van der Waals surface area (Å²) in [6, 6.07) is 4.55. The summed E-state index contributed by atoms with van der Waals surface area (Å²) in [5.41, 5.74) is 0.509. The van der Waals surface area contributed by atoms with Crippen molar-refractivity contribution < 1.29 is 9.90 Å². The lowest BCUT2D eigenvalue weighted by Gasteiger charge is -2.21. The highest BCUT2D eigenvalue weighted by atomic mass is 79.9. The molecule has 1 rings (SSSR count). The third-order valence-electron chi connectivity index (χ3n) is 2.62. The lowest BCUT2D eigenvalue weighted by Crippen LogP contribution is -2.33. The number of phenolic OH excluding ortho intramolecular Hbond substituents is 1. The average Bonchev–Trinajstić information content (AvgIpc) is 2.37. The highest BCUT2D eigenvalue weighted by Gasteiger charge is 2.15. The first-order chi connectivity index (χ1) is 8.60. The van der Waals surface area contributed by atoms with Crippen molar-refractivity contribution in [3.63, 3.8) is 0 Å². The molecule has 1 N–H and O–H groups in total. The van der Waals surface area contributed by atoms with Gasteiger partial charge in [0.2, 0.25) is 0 Å². The van der Waals surface area contributed by atoms with Crippen LogP contribution in [0, 0.1) is 0 Å². The molecule has 1 aromatic rings. The van der Waals surface area contributed by atoms with Gasteiger partial charge in [-0.3, -0.25) is 4.79 Å². The van der Waals surface area contributed by atoms with Crippen molar-refractivity contribution >= 4 is 33.4 Å². The molecular formula is C13H17BrClNO2. The Hall–Kier alpha value is -0.740.